The van der Waals surface area contributed by atoms with Gasteiger partial charge in [-0.15, -0.1) is 0 Å². The van der Waals surface area contributed by atoms with Crippen molar-refractivity contribution in [2.75, 3.05) is 65.3 Å². The van der Waals surface area contributed by atoms with Gasteiger partial charge in [-0.3, -0.25) is 24.9 Å². The fraction of sp³-hybridized carbons (Fsp3) is 0.394. The molecule has 0 radical (unpaired) electrons. The molecule has 0 saturated carbocycles. The SMILES string of the molecule is COc1c(OCCCN2CCN(C(=O)Oc3c(C)cc(CN)cc3C)CC2)ccc2c1N=C(NC(=O)c1cnc(N)nc1)N1CCN=C21. The summed E-state index contributed by atoms with van der Waals surface area (Å²) in [5.41, 5.74) is 15.7. The number of nitrogen functional groups attached to an aromatic ring is 1. The molecule has 1 saturated heterocycles. The highest BCUT2D eigenvalue weighted by Gasteiger charge is 2.33. The number of nitrogens with two attached hydrogens (primary N) is 2. The van der Waals surface area contributed by atoms with E-state index < -0.39 is 5.91 Å². The Balaban J connectivity index is 1.03. The number of carbonyl (C=O) groups excluding carboxylic acids is 2. The minimum atomic E-state index is -0.421. The van der Waals surface area contributed by atoms with Crippen molar-refractivity contribution < 1.29 is 23.8 Å². The van der Waals surface area contributed by atoms with Gasteiger partial charge in [-0.2, -0.15) is 0 Å². The number of anilines is 1. The fourth-order valence-electron chi connectivity index (χ4n) is 6.02. The Morgan fingerprint density at radius 2 is 1.73 bits per heavy atom. The van der Waals surface area contributed by atoms with Crippen molar-refractivity contribution in [3.8, 4) is 17.2 Å². The zero-order valence-corrected chi connectivity index (χ0v) is 27.4. The minimum absolute atomic E-state index is 0.0814. The molecule has 2 amide bonds. The minimum Gasteiger partial charge on any atom is -0.491 e. The van der Waals surface area contributed by atoms with E-state index in [-0.39, 0.29) is 17.6 Å². The summed E-state index contributed by atoms with van der Waals surface area (Å²) < 4.78 is 17.7. The number of nitrogens with zero attached hydrogens (tertiary/aromatic N) is 7. The summed E-state index contributed by atoms with van der Waals surface area (Å²) in [5.74, 6) is 2.29. The van der Waals surface area contributed by atoms with Crippen molar-refractivity contribution >= 4 is 35.4 Å². The van der Waals surface area contributed by atoms with Crippen LogP contribution in [-0.4, -0.2) is 108 Å². The second-order valence-electron chi connectivity index (χ2n) is 11.7. The molecule has 3 aromatic rings. The first-order chi connectivity index (χ1) is 23.2. The van der Waals surface area contributed by atoms with E-state index in [9.17, 15) is 9.59 Å². The van der Waals surface area contributed by atoms with E-state index in [4.69, 9.17) is 30.7 Å². The number of fused-ring (bicyclic) bond motifs is 3. The van der Waals surface area contributed by atoms with Crippen LogP contribution < -0.4 is 31.0 Å². The third-order valence-electron chi connectivity index (χ3n) is 8.47. The maximum absolute atomic E-state index is 13.0. The second-order valence-corrected chi connectivity index (χ2v) is 11.7. The fourth-order valence-corrected chi connectivity index (χ4v) is 6.02. The first-order valence-corrected chi connectivity index (χ1v) is 15.9. The van der Waals surface area contributed by atoms with E-state index >= 15 is 0 Å². The first-order valence-electron chi connectivity index (χ1n) is 15.9. The number of aromatic nitrogens is 2. The molecule has 0 spiro atoms. The summed E-state index contributed by atoms with van der Waals surface area (Å²) in [4.78, 5) is 49.0. The zero-order chi connectivity index (χ0) is 33.8. The van der Waals surface area contributed by atoms with Crippen LogP contribution in [0.1, 0.15) is 39.0 Å². The van der Waals surface area contributed by atoms with Gasteiger partial charge in [0.1, 0.15) is 17.3 Å². The Hall–Kier alpha value is -5.28. The van der Waals surface area contributed by atoms with Gasteiger partial charge in [0.2, 0.25) is 11.9 Å². The Morgan fingerprint density at radius 3 is 2.42 bits per heavy atom. The number of carbonyl (C=O) groups is 2. The van der Waals surface area contributed by atoms with Crippen LogP contribution in [-0.2, 0) is 6.54 Å². The number of methoxy groups -OCH3 is 1. The molecule has 3 aliphatic heterocycles. The van der Waals surface area contributed by atoms with Gasteiger partial charge in [0.25, 0.3) is 5.91 Å². The van der Waals surface area contributed by atoms with Crippen molar-refractivity contribution in [3.63, 3.8) is 0 Å². The molecule has 3 aliphatic rings. The average molecular weight is 657 g/mol. The third kappa shape index (κ3) is 6.87. The van der Waals surface area contributed by atoms with Gasteiger partial charge in [-0.1, -0.05) is 12.1 Å². The zero-order valence-electron chi connectivity index (χ0n) is 27.4. The maximum atomic E-state index is 13.0. The number of amidine groups is 1. The van der Waals surface area contributed by atoms with Gasteiger partial charge < -0.3 is 30.6 Å². The van der Waals surface area contributed by atoms with Gasteiger partial charge in [0, 0.05) is 63.8 Å². The van der Waals surface area contributed by atoms with Crippen molar-refractivity contribution in [1.82, 2.24) is 30.0 Å². The molecule has 252 valence electrons. The molecule has 2 aromatic carbocycles. The smallest absolute Gasteiger partial charge is 0.415 e. The lowest BCUT2D eigenvalue weighted by Crippen LogP contribution is -2.49. The van der Waals surface area contributed by atoms with Crippen LogP contribution in [0.2, 0.25) is 0 Å². The van der Waals surface area contributed by atoms with Gasteiger partial charge in [0.15, 0.2) is 11.5 Å². The number of piperazine rings is 1. The highest BCUT2D eigenvalue weighted by Crippen LogP contribution is 2.43. The molecule has 4 heterocycles. The number of nitrogens with one attached hydrogen (secondary N) is 1. The number of aryl methyl sites for hydroxylation is 2. The lowest BCUT2D eigenvalue weighted by atomic mass is 10.1. The van der Waals surface area contributed by atoms with Gasteiger partial charge in [0.05, 0.1) is 25.8 Å². The van der Waals surface area contributed by atoms with E-state index in [1.165, 1.54) is 12.4 Å². The van der Waals surface area contributed by atoms with Crippen molar-refractivity contribution in [2.45, 2.75) is 26.8 Å². The molecule has 1 fully saturated rings. The molecule has 0 atom stereocenters. The molecule has 6 rings (SSSR count). The molecule has 48 heavy (non-hydrogen) atoms. The number of hydrogen-bond donors (Lipinski definition) is 3. The van der Waals surface area contributed by atoms with E-state index in [2.05, 4.69) is 25.2 Å². The predicted octanol–water partition coefficient (Wildman–Crippen LogP) is 2.22. The third-order valence-corrected chi connectivity index (χ3v) is 8.47. The van der Waals surface area contributed by atoms with E-state index in [1.54, 1.807) is 12.0 Å². The van der Waals surface area contributed by atoms with Crippen LogP contribution in [0.25, 0.3) is 0 Å². The summed E-state index contributed by atoms with van der Waals surface area (Å²) in [6.07, 6.45) is 3.16. The summed E-state index contributed by atoms with van der Waals surface area (Å²) in [6, 6.07) is 7.68. The maximum Gasteiger partial charge on any atom is 0.415 e. The Morgan fingerprint density at radius 1 is 1.00 bits per heavy atom. The van der Waals surface area contributed by atoms with Crippen LogP contribution in [0.4, 0.5) is 16.4 Å². The topological polar surface area (TPSA) is 186 Å². The standard InChI is InChI=1S/C33H40N10O5/c1-20-15-22(17-34)16-21(2)27(20)48-33(45)42-12-10-41(11-13-42)8-4-14-47-25-6-5-24-26(28(25)46-3)39-32(43-9-7-36-29(24)43)40-30(44)23-18-37-31(35)38-19-23/h5-6,15-16,18-19H,4,7-14,17,34H2,1-3H3,(H2,35,37,38)(H,39,40,44). The number of ether oxygens (including phenoxy) is 3. The largest absolute Gasteiger partial charge is 0.491 e. The van der Waals surface area contributed by atoms with Crippen LogP contribution >= 0.6 is 0 Å². The van der Waals surface area contributed by atoms with Gasteiger partial charge in [-0.05, 0) is 49.1 Å². The molecule has 0 unspecified atom stereocenters. The molecule has 15 heteroatoms. The number of guanidine groups is 1. The predicted molar refractivity (Wildman–Crippen MR) is 180 cm³/mol. The molecular weight excluding hydrogens is 616 g/mol. The first kappa shape index (κ1) is 32.7. The van der Waals surface area contributed by atoms with Gasteiger partial charge >= 0.3 is 6.09 Å². The highest BCUT2D eigenvalue weighted by molar-refractivity contribution is 6.20. The van der Waals surface area contributed by atoms with E-state index in [1.807, 2.05) is 43.0 Å². The normalized spacial score (nSPS) is 15.7. The average Bonchev–Trinajstić information content (AvgIpc) is 3.59. The Labute approximate surface area is 278 Å². The molecule has 0 bridgehead atoms. The number of aliphatic imine (C=N–C) groups is 2. The number of amides is 2. The summed E-state index contributed by atoms with van der Waals surface area (Å²) in [6.45, 7) is 9.35. The number of rotatable bonds is 9. The molecule has 0 aliphatic carbocycles. The second kappa shape index (κ2) is 14.2. The molecule has 1 aromatic heterocycles. The van der Waals surface area contributed by atoms with Crippen molar-refractivity contribution in [1.29, 1.82) is 0 Å². The number of benzene rings is 2. The lowest BCUT2D eigenvalue weighted by molar-refractivity contribution is 0.0973. The lowest BCUT2D eigenvalue weighted by Gasteiger charge is -2.34. The van der Waals surface area contributed by atoms with Crippen molar-refractivity contribution in [3.05, 3.63) is 64.5 Å². The van der Waals surface area contributed by atoms with Crippen LogP contribution in [0.3, 0.4) is 0 Å². The van der Waals surface area contributed by atoms with E-state index in [0.717, 1.165) is 48.3 Å². The Bertz CT molecular complexity index is 1730. The summed E-state index contributed by atoms with van der Waals surface area (Å²) in [7, 11) is 1.56. The Kier molecular flexibility index (Phi) is 9.68. The molecule has 5 N–H and O–H groups in total. The molecular formula is C33H40N10O5. The molecule has 15 nitrogen and oxygen atoms in total. The van der Waals surface area contributed by atoms with E-state index in [0.29, 0.717) is 74.1 Å². The van der Waals surface area contributed by atoms with Crippen molar-refractivity contribution in [2.24, 2.45) is 15.7 Å². The van der Waals surface area contributed by atoms with Crippen LogP contribution in [0, 0.1) is 13.8 Å². The summed E-state index contributed by atoms with van der Waals surface area (Å²) in [5, 5.41) is 2.85. The monoisotopic (exact) mass is 656 g/mol. The number of hydrogen-bond acceptors (Lipinski definition) is 13. The quantitative estimate of drug-likeness (QED) is 0.287. The summed E-state index contributed by atoms with van der Waals surface area (Å²) >= 11 is 0. The highest BCUT2D eigenvalue weighted by atomic mass is 16.6. The van der Waals surface area contributed by atoms with Crippen LogP contribution in [0.5, 0.6) is 17.2 Å². The van der Waals surface area contributed by atoms with Crippen LogP contribution in [0.15, 0.2) is 46.6 Å². The van der Waals surface area contributed by atoms with Gasteiger partial charge in [-0.25, -0.2) is 19.8 Å².